The van der Waals surface area contributed by atoms with Gasteiger partial charge in [-0.2, -0.15) is 0 Å². The summed E-state index contributed by atoms with van der Waals surface area (Å²) in [5.74, 6) is -3.43. The number of aliphatic imine (C=N–C) groups is 1. The van der Waals surface area contributed by atoms with E-state index < -0.39 is 65.9 Å². The summed E-state index contributed by atoms with van der Waals surface area (Å²) in [4.78, 5) is 71.5. The summed E-state index contributed by atoms with van der Waals surface area (Å²) in [5.41, 5.74) is 21.9. The van der Waals surface area contributed by atoms with Crippen LogP contribution in [0.5, 0.6) is 0 Å². The van der Waals surface area contributed by atoms with E-state index in [4.69, 9.17) is 22.9 Å². The molecule has 12 N–H and O–H groups in total. The Balaban J connectivity index is 2.12. The molecular formula is C26H47N9O7. The number of nitrogens with zero attached hydrogens (tertiary/aromatic N) is 3. The number of aliphatic carboxylic acids is 1. The van der Waals surface area contributed by atoms with Crippen molar-refractivity contribution < 1.29 is 34.2 Å². The summed E-state index contributed by atoms with van der Waals surface area (Å²) in [6, 6.07) is -5.08. The van der Waals surface area contributed by atoms with Crippen LogP contribution in [0.25, 0.3) is 0 Å². The molecule has 2 heterocycles. The number of carbonyl (C=O) groups is 5. The average molecular weight is 598 g/mol. The van der Waals surface area contributed by atoms with Crippen LogP contribution in [-0.2, 0) is 24.0 Å². The molecule has 0 aromatic heterocycles. The summed E-state index contributed by atoms with van der Waals surface area (Å²) < 4.78 is 0. The number of likely N-dealkylation sites (tertiary alicyclic amines) is 2. The molecule has 238 valence electrons. The second-order valence-electron chi connectivity index (χ2n) is 10.8. The van der Waals surface area contributed by atoms with Crippen molar-refractivity contribution in [1.29, 1.82) is 0 Å². The Hall–Kier alpha value is -3.50. The first-order valence-corrected chi connectivity index (χ1v) is 14.5. The van der Waals surface area contributed by atoms with E-state index >= 15 is 0 Å². The SMILES string of the molecule is CC(O)C(N)C(=O)NC(CCCCN)C(=O)N1CCC[C@H]1C(=O)N1CCCC1C(=O)NC(CCCN=C(N)N)C(=O)O. The zero-order valence-electron chi connectivity index (χ0n) is 24.2. The Morgan fingerprint density at radius 3 is 2.14 bits per heavy atom. The van der Waals surface area contributed by atoms with E-state index in [0.29, 0.717) is 58.0 Å². The van der Waals surface area contributed by atoms with Gasteiger partial charge in [0.1, 0.15) is 30.2 Å². The number of rotatable bonds is 16. The maximum absolute atomic E-state index is 13.7. The first kappa shape index (κ1) is 34.7. The molecule has 2 aliphatic heterocycles. The quantitative estimate of drug-likeness (QED) is 0.0501. The van der Waals surface area contributed by atoms with Gasteiger partial charge in [-0.1, -0.05) is 0 Å². The van der Waals surface area contributed by atoms with Crippen LogP contribution in [0.4, 0.5) is 0 Å². The van der Waals surface area contributed by atoms with Gasteiger partial charge in [0.05, 0.1) is 6.10 Å². The summed E-state index contributed by atoms with van der Waals surface area (Å²) in [5, 5.41) is 24.5. The summed E-state index contributed by atoms with van der Waals surface area (Å²) >= 11 is 0. The minimum absolute atomic E-state index is 0.0966. The van der Waals surface area contributed by atoms with Crippen LogP contribution in [0.2, 0.25) is 0 Å². The van der Waals surface area contributed by atoms with Crippen molar-refractivity contribution in [2.45, 2.75) is 101 Å². The minimum Gasteiger partial charge on any atom is -0.480 e. The normalized spacial score (nSPS) is 21.2. The number of carboxylic acid groups (broad SMARTS) is 1. The van der Waals surface area contributed by atoms with Crippen LogP contribution in [0.3, 0.4) is 0 Å². The van der Waals surface area contributed by atoms with Gasteiger partial charge >= 0.3 is 5.97 Å². The lowest BCUT2D eigenvalue weighted by atomic mass is 10.1. The lowest BCUT2D eigenvalue weighted by Crippen LogP contribution is -2.58. The Bertz CT molecular complexity index is 989. The highest BCUT2D eigenvalue weighted by atomic mass is 16.4. The summed E-state index contributed by atoms with van der Waals surface area (Å²) in [6.45, 7) is 2.57. The van der Waals surface area contributed by atoms with Gasteiger partial charge in [0, 0.05) is 19.6 Å². The Kier molecular flexibility index (Phi) is 13.9. The maximum atomic E-state index is 13.7. The molecular weight excluding hydrogens is 550 g/mol. The van der Waals surface area contributed by atoms with Crippen LogP contribution in [-0.4, -0.2) is 118 Å². The van der Waals surface area contributed by atoms with Crippen molar-refractivity contribution >= 4 is 35.6 Å². The molecule has 0 aromatic carbocycles. The van der Waals surface area contributed by atoms with Gasteiger partial charge in [0.2, 0.25) is 23.6 Å². The lowest BCUT2D eigenvalue weighted by Gasteiger charge is -2.33. The fourth-order valence-electron chi connectivity index (χ4n) is 5.25. The van der Waals surface area contributed by atoms with E-state index in [-0.39, 0.29) is 31.9 Å². The zero-order chi connectivity index (χ0) is 31.4. The fraction of sp³-hybridized carbons (Fsp3) is 0.769. The topological polar surface area (TPSA) is 273 Å². The van der Waals surface area contributed by atoms with Crippen molar-refractivity contribution in [2.75, 3.05) is 26.2 Å². The summed E-state index contributed by atoms with van der Waals surface area (Å²) in [7, 11) is 0. The molecule has 2 aliphatic rings. The maximum Gasteiger partial charge on any atom is 0.326 e. The predicted octanol–water partition coefficient (Wildman–Crippen LogP) is -3.09. The third-order valence-corrected chi connectivity index (χ3v) is 7.60. The Morgan fingerprint density at radius 2 is 1.55 bits per heavy atom. The van der Waals surface area contributed by atoms with Gasteiger partial charge in [0.15, 0.2) is 5.96 Å². The molecule has 5 unspecified atom stereocenters. The molecule has 2 rings (SSSR count). The van der Waals surface area contributed by atoms with Crippen LogP contribution in [0.1, 0.15) is 64.7 Å². The number of aliphatic hydroxyl groups is 1. The van der Waals surface area contributed by atoms with E-state index in [1.165, 1.54) is 16.7 Å². The highest BCUT2D eigenvalue weighted by molar-refractivity contribution is 5.96. The first-order valence-electron chi connectivity index (χ1n) is 14.5. The van der Waals surface area contributed by atoms with Crippen molar-refractivity contribution in [2.24, 2.45) is 27.9 Å². The number of carbonyl (C=O) groups excluding carboxylic acids is 4. The minimum atomic E-state index is -1.23. The first-order chi connectivity index (χ1) is 19.9. The zero-order valence-corrected chi connectivity index (χ0v) is 24.2. The highest BCUT2D eigenvalue weighted by Crippen LogP contribution is 2.26. The van der Waals surface area contributed by atoms with Crippen LogP contribution in [0.15, 0.2) is 4.99 Å². The monoisotopic (exact) mass is 597 g/mol. The van der Waals surface area contributed by atoms with Crippen LogP contribution >= 0.6 is 0 Å². The molecule has 0 bridgehead atoms. The largest absolute Gasteiger partial charge is 0.480 e. The number of aliphatic hydroxyl groups excluding tert-OH is 1. The number of unbranched alkanes of at least 4 members (excludes halogenated alkanes) is 1. The molecule has 2 fully saturated rings. The highest BCUT2D eigenvalue weighted by Gasteiger charge is 2.44. The number of nitrogens with two attached hydrogens (primary N) is 4. The van der Waals surface area contributed by atoms with Gasteiger partial charge in [-0.05, 0) is 71.3 Å². The van der Waals surface area contributed by atoms with Crippen molar-refractivity contribution in [3.63, 3.8) is 0 Å². The Labute approximate surface area is 245 Å². The van der Waals surface area contributed by atoms with Gasteiger partial charge in [-0.3, -0.25) is 24.2 Å². The molecule has 0 aliphatic carbocycles. The fourth-order valence-corrected chi connectivity index (χ4v) is 5.25. The van der Waals surface area contributed by atoms with Crippen LogP contribution in [0, 0.1) is 0 Å². The van der Waals surface area contributed by atoms with Gasteiger partial charge in [-0.25, -0.2) is 4.79 Å². The van der Waals surface area contributed by atoms with Gasteiger partial charge in [-0.15, -0.1) is 0 Å². The van der Waals surface area contributed by atoms with Crippen molar-refractivity contribution in [3.8, 4) is 0 Å². The number of hydrogen-bond acceptors (Lipinski definition) is 9. The predicted molar refractivity (Wildman–Crippen MR) is 153 cm³/mol. The van der Waals surface area contributed by atoms with E-state index in [1.54, 1.807) is 0 Å². The molecule has 0 aromatic rings. The van der Waals surface area contributed by atoms with E-state index in [0.717, 1.165) is 0 Å². The van der Waals surface area contributed by atoms with E-state index in [1.807, 2.05) is 0 Å². The standard InChI is InChI=1S/C26H47N9O7/c1-15(36)20(28)22(38)32-16(7-2-3-11-27)23(39)35-14-6-10-19(35)24(40)34-13-5-9-18(34)21(37)33-17(25(41)42)8-4-12-31-26(29)30/h15-20,36H,2-14,27-28H2,1H3,(H,32,38)(H,33,37)(H,41,42)(H4,29,30,31)/t15?,16?,17?,18?,19-,20?/m0/s1. The third-order valence-electron chi connectivity index (χ3n) is 7.60. The molecule has 0 spiro atoms. The summed E-state index contributed by atoms with van der Waals surface area (Å²) in [6.07, 6.45) is 2.59. The Morgan fingerprint density at radius 1 is 0.929 bits per heavy atom. The smallest absolute Gasteiger partial charge is 0.326 e. The molecule has 0 saturated carbocycles. The van der Waals surface area contributed by atoms with E-state index in [2.05, 4.69) is 15.6 Å². The molecule has 4 amide bonds. The van der Waals surface area contributed by atoms with Crippen LogP contribution < -0.4 is 33.6 Å². The number of carboxylic acids is 1. The molecule has 16 heteroatoms. The number of nitrogens with one attached hydrogen (secondary N) is 2. The number of guanidine groups is 1. The van der Waals surface area contributed by atoms with Gasteiger partial charge in [0.25, 0.3) is 0 Å². The number of hydrogen-bond donors (Lipinski definition) is 8. The molecule has 0 radical (unpaired) electrons. The van der Waals surface area contributed by atoms with Crippen molar-refractivity contribution in [1.82, 2.24) is 20.4 Å². The van der Waals surface area contributed by atoms with Crippen molar-refractivity contribution in [3.05, 3.63) is 0 Å². The second-order valence-corrected chi connectivity index (χ2v) is 10.8. The second kappa shape index (κ2) is 16.8. The average Bonchev–Trinajstić information content (AvgIpc) is 3.63. The number of amides is 4. The van der Waals surface area contributed by atoms with Gasteiger partial charge < -0.3 is 53.6 Å². The molecule has 16 nitrogen and oxygen atoms in total. The lowest BCUT2D eigenvalue weighted by molar-refractivity contribution is -0.149. The third kappa shape index (κ3) is 9.80. The molecule has 2 saturated heterocycles. The molecule has 6 atom stereocenters. The van der Waals surface area contributed by atoms with E-state index in [9.17, 15) is 34.2 Å². The molecule has 42 heavy (non-hydrogen) atoms.